The van der Waals surface area contributed by atoms with Crippen molar-refractivity contribution in [1.82, 2.24) is 0 Å². The molecule has 0 aromatic heterocycles. The van der Waals surface area contributed by atoms with Crippen LogP contribution in [0.5, 0.6) is 0 Å². The Balaban J connectivity index is 3.27. The van der Waals surface area contributed by atoms with E-state index in [2.05, 4.69) is 43.6 Å². The number of alkyl halides is 3. The molecule has 0 spiro atoms. The number of hydrogen-bond acceptors (Lipinski definition) is 0. The van der Waals surface area contributed by atoms with Crippen LogP contribution in [0.1, 0.15) is 109 Å². The first kappa shape index (κ1) is 30.1. The van der Waals surface area contributed by atoms with E-state index in [1.165, 1.54) is 88.8 Å². The van der Waals surface area contributed by atoms with Crippen molar-refractivity contribution in [3.05, 3.63) is 45.1 Å². The summed E-state index contributed by atoms with van der Waals surface area (Å²) >= 11 is -2.48. The van der Waals surface area contributed by atoms with Crippen molar-refractivity contribution in [1.29, 1.82) is 0 Å². The summed E-state index contributed by atoms with van der Waals surface area (Å²) < 4.78 is 45.6. The molecule has 0 radical (unpaired) electrons. The third-order valence-corrected chi connectivity index (χ3v) is 20.7. The van der Waals surface area contributed by atoms with Crippen LogP contribution < -0.4 is 0 Å². The van der Waals surface area contributed by atoms with Crippen LogP contribution >= 0.6 is 0 Å². The number of halogens is 3. The normalized spacial score (nSPS) is 12.5. The summed E-state index contributed by atoms with van der Waals surface area (Å²) in [5, 5.41) is 0. The van der Waals surface area contributed by atoms with Gasteiger partial charge in [0.2, 0.25) is 0 Å². The van der Waals surface area contributed by atoms with Gasteiger partial charge in [0.15, 0.2) is 0 Å². The Bertz CT molecular complexity index is 713. The second-order valence-electron chi connectivity index (χ2n) is 9.48. The molecule has 0 amide bonds. The third-order valence-electron chi connectivity index (χ3n) is 6.44. The van der Waals surface area contributed by atoms with Crippen LogP contribution in [-0.2, 0) is 6.18 Å². The molecule has 1 rings (SSSR count). The van der Waals surface area contributed by atoms with E-state index in [0.29, 0.717) is 5.56 Å². The van der Waals surface area contributed by atoms with Crippen LogP contribution in [0.25, 0.3) is 0 Å². The summed E-state index contributed by atoms with van der Waals surface area (Å²) in [6.07, 6.45) is 9.21. The third kappa shape index (κ3) is 12.4. The number of unbranched alkanes of at least 4 members (excludes halogenated alkanes) is 6. The van der Waals surface area contributed by atoms with Crippen molar-refractivity contribution in [2.24, 2.45) is 0 Å². The fourth-order valence-electron chi connectivity index (χ4n) is 4.36. The molecule has 0 saturated carbocycles. The topological polar surface area (TPSA) is 0 Å². The monoisotopic (exact) mass is 570 g/mol. The van der Waals surface area contributed by atoms with Gasteiger partial charge in [-0.05, 0) is 0 Å². The van der Waals surface area contributed by atoms with Gasteiger partial charge in [-0.25, -0.2) is 0 Å². The van der Waals surface area contributed by atoms with Gasteiger partial charge in [-0.2, -0.15) is 0 Å². The molecule has 1 aromatic carbocycles. The average molecular weight is 569 g/mol. The minimum atomic E-state index is -4.30. The molecule has 0 nitrogen and oxygen atoms in total. The van der Waals surface area contributed by atoms with E-state index in [4.69, 9.17) is 0 Å². The van der Waals surface area contributed by atoms with Crippen LogP contribution in [0.4, 0.5) is 13.2 Å². The molecule has 1 aromatic rings. The molecular weight excluding hydrogens is 524 g/mol. The summed E-state index contributed by atoms with van der Waals surface area (Å²) in [6.45, 7) is 9.09. The SMILES string of the molecule is CCCCCC/C(C#Cc1ccc(C(F)(F)F)cc1)=[CH]/[Sn]([CH2]CCC)([CH2]CCC)[CH2]CCC. The van der Waals surface area contributed by atoms with Crippen molar-refractivity contribution in [2.45, 2.75) is 118 Å². The molecule has 0 aliphatic carbocycles. The quantitative estimate of drug-likeness (QED) is 0.112. The predicted octanol–water partition coefficient (Wildman–Crippen LogP) is 10.3. The van der Waals surface area contributed by atoms with Crippen LogP contribution in [0.2, 0.25) is 13.3 Å². The van der Waals surface area contributed by atoms with Gasteiger partial charge in [-0.3, -0.25) is 0 Å². The standard InChI is InChI=1S/C17H18F3.3C4H9.Sn/c1-3-4-5-6-7-14(2)8-9-15-10-12-16(13-11-15)17(18,19)20;3*1-3-4-2;/h2,10-13H,3-7H2,1H3;3*1,3-4H2,2H3;. The zero-order chi connectivity index (χ0) is 24.6. The van der Waals surface area contributed by atoms with E-state index in [1.54, 1.807) is 0 Å². The van der Waals surface area contributed by atoms with E-state index in [9.17, 15) is 13.2 Å². The van der Waals surface area contributed by atoms with Crippen molar-refractivity contribution in [2.75, 3.05) is 0 Å². The number of allylic oxidation sites excluding steroid dienone is 1. The molecule has 0 bridgehead atoms. The molecule has 186 valence electrons. The first-order valence-corrected chi connectivity index (χ1v) is 20.9. The molecule has 0 N–H and O–H groups in total. The average Bonchev–Trinajstić information content (AvgIpc) is 2.80. The molecule has 0 aliphatic rings. The summed E-state index contributed by atoms with van der Waals surface area (Å²) in [6, 6.07) is 5.29. The Kier molecular flexibility index (Phi) is 15.2. The Morgan fingerprint density at radius 3 is 1.73 bits per heavy atom. The van der Waals surface area contributed by atoms with Crippen molar-refractivity contribution >= 4 is 18.4 Å². The van der Waals surface area contributed by atoms with E-state index >= 15 is 0 Å². The molecule has 0 unspecified atom stereocenters. The molecule has 4 heteroatoms. The van der Waals surface area contributed by atoms with Gasteiger partial charge in [-0.15, -0.1) is 0 Å². The molecular formula is C29H45F3Sn. The number of rotatable bonds is 15. The predicted molar refractivity (Wildman–Crippen MR) is 140 cm³/mol. The van der Waals surface area contributed by atoms with Crippen LogP contribution in [0.15, 0.2) is 33.9 Å². The van der Waals surface area contributed by atoms with E-state index in [0.717, 1.165) is 25.0 Å². The Morgan fingerprint density at radius 2 is 1.27 bits per heavy atom. The van der Waals surface area contributed by atoms with E-state index in [1.807, 2.05) is 0 Å². The van der Waals surface area contributed by atoms with Gasteiger partial charge in [0, 0.05) is 0 Å². The summed E-state index contributed by atoms with van der Waals surface area (Å²) in [5.41, 5.74) is 1.32. The Morgan fingerprint density at radius 1 is 0.758 bits per heavy atom. The first-order chi connectivity index (χ1) is 15.8. The fraction of sp³-hybridized carbons (Fsp3) is 0.655. The maximum absolute atomic E-state index is 12.9. The Hall–Kier alpha value is -0.891. The Labute approximate surface area is 205 Å². The van der Waals surface area contributed by atoms with Crippen molar-refractivity contribution in [3.8, 4) is 11.8 Å². The second kappa shape index (κ2) is 16.7. The maximum atomic E-state index is 12.9. The zero-order valence-electron chi connectivity index (χ0n) is 21.4. The van der Waals surface area contributed by atoms with E-state index in [-0.39, 0.29) is 0 Å². The van der Waals surface area contributed by atoms with Crippen molar-refractivity contribution in [3.63, 3.8) is 0 Å². The number of hydrogen-bond donors (Lipinski definition) is 0. The van der Waals surface area contributed by atoms with Gasteiger partial charge in [0.25, 0.3) is 0 Å². The zero-order valence-corrected chi connectivity index (χ0v) is 24.3. The molecule has 0 heterocycles. The first-order valence-electron chi connectivity index (χ1n) is 13.2. The van der Waals surface area contributed by atoms with Gasteiger partial charge >= 0.3 is 206 Å². The van der Waals surface area contributed by atoms with Gasteiger partial charge in [0.05, 0.1) is 0 Å². The summed E-state index contributed by atoms with van der Waals surface area (Å²) in [7, 11) is 0. The molecule has 0 aliphatic heterocycles. The van der Waals surface area contributed by atoms with Gasteiger partial charge < -0.3 is 0 Å². The second-order valence-corrected chi connectivity index (χ2v) is 22.4. The summed E-state index contributed by atoms with van der Waals surface area (Å²) in [4.78, 5) is 0. The molecule has 0 atom stereocenters. The van der Waals surface area contributed by atoms with Crippen LogP contribution in [0, 0.1) is 11.8 Å². The molecule has 0 saturated heterocycles. The van der Waals surface area contributed by atoms with Crippen LogP contribution in [0.3, 0.4) is 0 Å². The summed E-state index contributed by atoms with van der Waals surface area (Å²) in [5.74, 6) is 6.64. The van der Waals surface area contributed by atoms with Gasteiger partial charge in [-0.1, -0.05) is 0 Å². The van der Waals surface area contributed by atoms with Crippen molar-refractivity contribution < 1.29 is 13.2 Å². The minimum absolute atomic E-state index is 0.614. The van der Waals surface area contributed by atoms with Crippen LogP contribution in [-0.4, -0.2) is 18.4 Å². The van der Waals surface area contributed by atoms with Gasteiger partial charge in [0.1, 0.15) is 0 Å². The van der Waals surface area contributed by atoms with E-state index < -0.39 is 30.1 Å². The molecule has 0 fully saturated rings. The molecule has 33 heavy (non-hydrogen) atoms. The fourth-order valence-corrected chi connectivity index (χ4v) is 19.5. The number of benzene rings is 1.